The Kier molecular flexibility index (Phi) is 5.60. The molecule has 0 unspecified atom stereocenters. The fraction of sp³-hybridized carbons (Fsp3) is 0.0556. The van der Waals surface area contributed by atoms with Crippen molar-refractivity contribution in [2.75, 3.05) is 0 Å². The second kappa shape index (κ2) is 8.45. The van der Waals surface area contributed by atoms with Gasteiger partial charge in [-0.1, -0.05) is 0 Å². The standard InChI is InChI=1S/C18H15N5O5/c24-17(19-12-16-4-2-10-28-16)18(25)21-20-11-15-3-1-9-22(15)13-5-7-14(8-6-13)23(26)27/h1-11H,12H2,(H,19,24)(H,21,25)/b20-11-. The van der Waals surface area contributed by atoms with E-state index in [9.17, 15) is 19.7 Å². The van der Waals surface area contributed by atoms with Gasteiger partial charge in [0.1, 0.15) is 5.76 Å². The van der Waals surface area contributed by atoms with E-state index >= 15 is 0 Å². The van der Waals surface area contributed by atoms with Crippen molar-refractivity contribution in [1.82, 2.24) is 15.3 Å². The maximum absolute atomic E-state index is 11.7. The minimum Gasteiger partial charge on any atom is -0.467 e. The molecule has 3 aromatic rings. The number of rotatable bonds is 6. The van der Waals surface area contributed by atoms with E-state index < -0.39 is 16.7 Å². The Bertz CT molecular complexity index is 1010. The number of hydrogen-bond acceptors (Lipinski definition) is 6. The number of benzene rings is 1. The predicted octanol–water partition coefficient (Wildman–Crippen LogP) is 1.74. The number of furan rings is 1. The lowest BCUT2D eigenvalue weighted by atomic mass is 10.3. The summed E-state index contributed by atoms with van der Waals surface area (Å²) in [6.45, 7) is 0.0892. The van der Waals surface area contributed by atoms with Gasteiger partial charge in [-0.3, -0.25) is 19.7 Å². The summed E-state index contributed by atoms with van der Waals surface area (Å²) in [5.41, 5.74) is 3.41. The highest BCUT2D eigenvalue weighted by molar-refractivity contribution is 6.35. The first kappa shape index (κ1) is 18.6. The summed E-state index contributed by atoms with van der Waals surface area (Å²) in [7, 11) is 0. The molecule has 0 aliphatic carbocycles. The number of nitrogens with zero attached hydrogens (tertiary/aromatic N) is 3. The number of non-ortho nitro benzene ring substituents is 1. The van der Waals surface area contributed by atoms with Crippen LogP contribution >= 0.6 is 0 Å². The number of carbonyl (C=O) groups is 2. The van der Waals surface area contributed by atoms with Crippen LogP contribution in [0.5, 0.6) is 0 Å². The molecule has 0 atom stereocenters. The summed E-state index contributed by atoms with van der Waals surface area (Å²) in [4.78, 5) is 33.7. The molecule has 0 spiro atoms. The van der Waals surface area contributed by atoms with Gasteiger partial charge in [0.15, 0.2) is 0 Å². The van der Waals surface area contributed by atoms with E-state index in [1.165, 1.54) is 24.6 Å². The molecule has 10 heteroatoms. The van der Waals surface area contributed by atoms with Crippen molar-refractivity contribution >= 4 is 23.7 Å². The molecule has 28 heavy (non-hydrogen) atoms. The van der Waals surface area contributed by atoms with E-state index in [4.69, 9.17) is 4.42 Å². The number of nitrogens with one attached hydrogen (secondary N) is 2. The Labute approximate surface area is 158 Å². The minimum atomic E-state index is -0.920. The highest BCUT2D eigenvalue weighted by atomic mass is 16.6. The van der Waals surface area contributed by atoms with Crippen molar-refractivity contribution in [2.45, 2.75) is 6.54 Å². The van der Waals surface area contributed by atoms with Crippen LogP contribution in [-0.2, 0) is 16.1 Å². The Hall–Kier alpha value is -4.21. The number of hydrogen-bond donors (Lipinski definition) is 2. The van der Waals surface area contributed by atoms with E-state index in [-0.39, 0.29) is 12.2 Å². The van der Waals surface area contributed by atoms with Gasteiger partial charge in [-0.2, -0.15) is 5.10 Å². The van der Waals surface area contributed by atoms with Crippen LogP contribution in [0.2, 0.25) is 0 Å². The van der Waals surface area contributed by atoms with Gasteiger partial charge in [0.2, 0.25) is 0 Å². The van der Waals surface area contributed by atoms with Crippen LogP contribution in [0.4, 0.5) is 5.69 Å². The fourth-order valence-corrected chi connectivity index (χ4v) is 2.34. The Morgan fingerprint density at radius 3 is 2.61 bits per heavy atom. The van der Waals surface area contributed by atoms with E-state index in [2.05, 4.69) is 15.8 Å². The summed E-state index contributed by atoms with van der Waals surface area (Å²) >= 11 is 0. The van der Waals surface area contributed by atoms with Gasteiger partial charge in [-0.25, -0.2) is 5.43 Å². The maximum atomic E-state index is 11.7. The molecule has 3 rings (SSSR count). The monoisotopic (exact) mass is 381 g/mol. The van der Waals surface area contributed by atoms with Gasteiger partial charge in [-0.15, -0.1) is 0 Å². The van der Waals surface area contributed by atoms with Crippen LogP contribution in [0.3, 0.4) is 0 Å². The van der Waals surface area contributed by atoms with Crippen molar-refractivity contribution in [3.63, 3.8) is 0 Å². The minimum absolute atomic E-state index is 0.0149. The lowest BCUT2D eigenvalue weighted by Crippen LogP contribution is -2.37. The van der Waals surface area contributed by atoms with E-state index in [1.807, 2.05) is 0 Å². The number of nitro benzene ring substituents is 1. The summed E-state index contributed by atoms with van der Waals surface area (Å²) in [5, 5.41) is 16.9. The molecule has 0 aliphatic rings. The highest BCUT2D eigenvalue weighted by Crippen LogP contribution is 2.16. The van der Waals surface area contributed by atoms with Gasteiger partial charge in [-0.05, 0) is 36.4 Å². The summed E-state index contributed by atoms with van der Waals surface area (Å²) < 4.78 is 6.77. The third-order valence-corrected chi connectivity index (χ3v) is 3.69. The number of hydrazone groups is 1. The molecule has 0 fully saturated rings. The van der Waals surface area contributed by atoms with Crippen molar-refractivity contribution in [1.29, 1.82) is 0 Å². The molecule has 10 nitrogen and oxygen atoms in total. The first-order chi connectivity index (χ1) is 13.5. The van der Waals surface area contributed by atoms with Gasteiger partial charge in [0.05, 0.1) is 29.6 Å². The van der Waals surface area contributed by atoms with Crippen molar-refractivity contribution in [3.05, 3.63) is 82.6 Å². The molecule has 0 radical (unpaired) electrons. The molecule has 2 amide bonds. The molecule has 2 heterocycles. The molecule has 142 valence electrons. The third-order valence-electron chi connectivity index (χ3n) is 3.69. The van der Waals surface area contributed by atoms with Crippen LogP contribution in [-0.4, -0.2) is 27.5 Å². The molecule has 0 bridgehead atoms. The van der Waals surface area contributed by atoms with E-state index in [1.54, 1.807) is 47.2 Å². The molecule has 1 aromatic carbocycles. The van der Waals surface area contributed by atoms with Gasteiger partial charge in [0, 0.05) is 24.0 Å². The normalized spacial score (nSPS) is 10.7. The molecule has 0 saturated carbocycles. The van der Waals surface area contributed by atoms with Crippen molar-refractivity contribution in [3.8, 4) is 5.69 Å². The predicted molar refractivity (Wildman–Crippen MR) is 98.7 cm³/mol. The van der Waals surface area contributed by atoms with Gasteiger partial charge < -0.3 is 14.3 Å². The van der Waals surface area contributed by atoms with E-state index in [0.717, 1.165) is 0 Å². The van der Waals surface area contributed by atoms with Crippen LogP contribution in [0.1, 0.15) is 11.5 Å². The average Bonchev–Trinajstić information content (AvgIpc) is 3.38. The average molecular weight is 381 g/mol. The lowest BCUT2D eigenvalue weighted by molar-refractivity contribution is -0.384. The molecule has 2 aromatic heterocycles. The fourth-order valence-electron chi connectivity index (χ4n) is 2.34. The second-order valence-electron chi connectivity index (χ2n) is 5.54. The molecule has 2 N–H and O–H groups in total. The van der Waals surface area contributed by atoms with Gasteiger partial charge in [0.25, 0.3) is 5.69 Å². The number of aromatic nitrogens is 1. The summed E-state index contributed by atoms with van der Waals surface area (Å²) in [5.74, 6) is -1.25. The summed E-state index contributed by atoms with van der Waals surface area (Å²) in [6, 6.07) is 12.8. The molecule has 0 saturated heterocycles. The number of carbonyl (C=O) groups excluding carboxylic acids is 2. The van der Waals surface area contributed by atoms with Crippen molar-refractivity contribution in [2.24, 2.45) is 5.10 Å². The smallest absolute Gasteiger partial charge is 0.329 e. The van der Waals surface area contributed by atoms with E-state index in [0.29, 0.717) is 17.1 Å². The second-order valence-corrected chi connectivity index (χ2v) is 5.54. The Morgan fingerprint density at radius 1 is 1.14 bits per heavy atom. The third kappa shape index (κ3) is 4.49. The topological polar surface area (TPSA) is 132 Å². The maximum Gasteiger partial charge on any atom is 0.329 e. The molecular weight excluding hydrogens is 366 g/mol. The number of amides is 2. The van der Waals surface area contributed by atoms with Crippen LogP contribution in [0, 0.1) is 10.1 Å². The quantitative estimate of drug-likeness (QED) is 0.291. The first-order valence-electron chi connectivity index (χ1n) is 8.10. The zero-order chi connectivity index (χ0) is 19.9. The summed E-state index contributed by atoms with van der Waals surface area (Å²) in [6.07, 6.45) is 4.56. The van der Waals surface area contributed by atoms with Gasteiger partial charge >= 0.3 is 11.8 Å². The van der Waals surface area contributed by atoms with Crippen molar-refractivity contribution < 1.29 is 18.9 Å². The largest absolute Gasteiger partial charge is 0.467 e. The van der Waals surface area contributed by atoms with Crippen LogP contribution < -0.4 is 10.7 Å². The number of nitro groups is 1. The Balaban J connectivity index is 1.59. The van der Waals surface area contributed by atoms with Crippen LogP contribution in [0.25, 0.3) is 5.69 Å². The first-order valence-corrected chi connectivity index (χ1v) is 8.10. The van der Waals surface area contributed by atoms with Crippen LogP contribution in [0.15, 0.2) is 70.5 Å². The molecule has 0 aliphatic heterocycles. The Morgan fingerprint density at radius 2 is 1.93 bits per heavy atom. The zero-order valence-corrected chi connectivity index (χ0v) is 14.4. The zero-order valence-electron chi connectivity index (χ0n) is 14.4. The molecular formula is C18H15N5O5. The highest BCUT2D eigenvalue weighted by Gasteiger charge is 2.12. The SMILES string of the molecule is O=C(NCc1ccco1)C(=O)N/N=C\c1cccn1-c1ccc([N+](=O)[O-])cc1. The lowest BCUT2D eigenvalue weighted by Gasteiger charge is -2.06.